The molecule has 172 valence electrons. The molecule has 0 spiro atoms. The zero-order valence-electron chi connectivity index (χ0n) is 19.4. The van der Waals surface area contributed by atoms with Crippen molar-refractivity contribution in [1.29, 1.82) is 0 Å². The van der Waals surface area contributed by atoms with Gasteiger partial charge < -0.3 is 4.74 Å². The van der Waals surface area contributed by atoms with Gasteiger partial charge >= 0.3 is 6.09 Å². The van der Waals surface area contributed by atoms with Crippen molar-refractivity contribution >= 4 is 27.6 Å². The molecule has 0 radical (unpaired) electrons. The second kappa shape index (κ2) is 8.20. The van der Waals surface area contributed by atoms with Gasteiger partial charge in [0.1, 0.15) is 11.4 Å². The first-order chi connectivity index (χ1) is 14.3. The number of hydrogen-bond donors (Lipinski definition) is 0. The molecule has 0 atom stereocenters. The van der Waals surface area contributed by atoms with E-state index in [1.54, 1.807) is 7.05 Å². The summed E-state index contributed by atoms with van der Waals surface area (Å²) in [5.74, 6) is 0.132. The highest BCUT2D eigenvalue weighted by Gasteiger charge is 2.57. The molecule has 3 rings (SSSR count). The highest BCUT2D eigenvalue weighted by atomic mass is 32.2. The highest BCUT2D eigenvalue weighted by Crippen LogP contribution is 2.49. The molecular weight excluding hydrogens is 416 g/mol. The van der Waals surface area contributed by atoms with E-state index in [2.05, 4.69) is 0 Å². The summed E-state index contributed by atoms with van der Waals surface area (Å²) in [4.78, 5) is 25.4. The Labute approximate surface area is 185 Å². The van der Waals surface area contributed by atoms with Gasteiger partial charge in [-0.1, -0.05) is 0 Å². The minimum Gasteiger partial charge on any atom is -0.443 e. The van der Waals surface area contributed by atoms with E-state index in [4.69, 9.17) is 4.74 Å². The van der Waals surface area contributed by atoms with Crippen LogP contribution in [0.1, 0.15) is 63.1 Å². The third-order valence-corrected chi connectivity index (χ3v) is 8.90. The summed E-state index contributed by atoms with van der Waals surface area (Å²) in [6.07, 6.45) is 1.91. The van der Waals surface area contributed by atoms with Crippen LogP contribution < -0.4 is 4.90 Å². The fourth-order valence-corrected chi connectivity index (χ4v) is 6.27. The van der Waals surface area contributed by atoms with E-state index < -0.39 is 26.5 Å². The van der Waals surface area contributed by atoms with Crippen molar-refractivity contribution in [2.45, 2.75) is 77.1 Å². The molecule has 1 heterocycles. The number of hydrogen-bond acceptors (Lipinski definition) is 5. The highest BCUT2D eigenvalue weighted by molar-refractivity contribution is 7.90. The Hall–Kier alpha value is -1.93. The smallest absolute Gasteiger partial charge is 0.414 e. The normalized spacial score (nSPS) is 19.2. The van der Waals surface area contributed by atoms with E-state index in [9.17, 15) is 18.0 Å². The van der Waals surface area contributed by atoms with E-state index in [0.717, 1.165) is 22.4 Å². The maximum atomic E-state index is 13.3. The standard InChI is InChI=1S/C23H34N2O5S/c1-16-13-18(24(6)21(27)30-22(3,4)5)14-17(2)20(16)15-23(9-10-23)31(28,29)25-11-7-19(26)8-12-25/h13-14H,7-12,15H2,1-6H3. The number of carbonyl (C=O) groups excluding carboxylic acids is 2. The van der Waals surface area contributed by atoms with Crippen LogP contribution in [0.3, 0.4) is 0 Å². The minimum absolute atomic E-state index is 0.132. The average molecular weight is 451 g/mol. The first kappa shape index (κ1) is 23.7. The Kier molecular flexibility index (Phi) is 6.28. The lowest BCUT2D eigenvalue weighted by Crippen LogP contribution is -2.45. The Morgan fingerprint density at radius 3 is 2.10 bits per heavy atom. The van der Waals surface area contributed by atoms with Gasteiger partial charge in [0.25, 0.3) is 0 Å². The Balaban J connectivity index is 1.81. The maximum absolute atomic E-state index is 13.3. The van der Waals surface area contributed by atoms with Crippen LogP contribution >= 0.6 is 0 Å². The summed E-state index contributed by atoms with van der Waals surface area (Å²) in [5, 5.41) is 0. The molecule has 0 N–H and O–H groups in total. The van der Waals surface area contributed by atoms with Crippen molar-refractivity contribution in [1.82, 2.24) is 4.31 Å². The van der Waals surface area contributed by atoms with Crippen molar-refractivity contribution in [2.24, 2.45) is 0 Å². The largest absolute Gasteiger partial charge is 0.443 e. The second-order valence-corrected chi connectivity index (χ2v) is 12.2. The molecule has 0 bridgehead atoms. The minimum atomic E-state index is -3.47. The molecule has 0 unspecified atom stereocenters. The number of piperidine rings is 1. The Morgan fingerprint density at radius 2 is 1.65 bits per heavy atom. The average Bonchev–Trinajstić information content (AvgIpc) is 3.44. The molecule has 2 aliphatic rings. The van der Waals surface area contributed by atoms with Gasteiger partial charge in [0.05, 0.1) is 4.75 Å². The first-order valence-electron chi connectivity index (χ1n) is 10.8. The summed E-state index contributed by atoms with van der Waals surface area (Å²) in [6.45, 7) is 9.97. The van der Waals surface area contributed by atoms with E-state index >= 15 is 0 Å². The molecule has 1 saturated heterocycles. The number of amides is 1. The number of benzene rings is 1. The zero-order chi connectivity index (χ0) is 23.2. The van der Waals surface area contributed by atoms with Crippen LogP contribution in [-0.2, 0) is 26.0 Å². The summed E-state index contributed by atoms with van der Waals surface area (Å²) in [6, 6.07) is 3.82. The lowest BCUT2D eigenvalue weighted by atomic mass is 9.96. The molecule has 8 heteroatoms. The van der Waals surface area contributed by atoms with E-state index in [0.29, 0.717) is 45.2 Å². The van der Waals surface area contributed by atoms with E-state index in [1.807, 2.05) is 46.8 Å². The fourth-order valence-electron chi connectivity index (χ4n) is 4.12. The molecule has 2 fully saturated rings. The number of rotatable bonds is 5. The van der Waals surface area contributed by atoms with Gasteiger partial charge in [-0.3, -0.25) is 9.69 Å². The van der Waals surface area contributed by atoms with Crippen molar-refractivity contribution in [3.8, 4) is 0 Å². The van der Waals surface area contributed by atoms with Crippen LogP contribution in [0.15, 0.2) is 12.1 Å². The third kappa shape index (κ3) is 4.95. The van der Waals surface area contributed by atoms with Crippen molar-refractivity contribution in [2.75, 3.05) is 25.0 Å². The molecule has 7 nitrogen and oxygen atoms in total. The van der Waals surface area contributed by atoms with E-state index in [1.165, 1.54) is 9.21 Å². The van der Waals surface area contributed by atoms with Crippen LogP contribution in [0.4, 0.5) is 10.5 Å². The van der Waals surface area contributed by atoms with E-state index in [-0.39, 0.29) is 5.78 Å². The van der Waals surface area contributed by atoms with Crippen LogP contribution in [-0.4, -0.2) is 55.1 Å². The lowest BCUT2D eigenvalue weighted by molar-refractivity contribution is -0.120. The Morgan fingerprint density at radius 1 is 1.13 bits per heavy atom. The number of nitrogens with zero attached hydrogens (tertiary/aromatic N) is 2. The van der Waals surface area contributed by atoms with Gasteiger partial charge in [0, 0.05) is 38.7 Å². The monoisotopic (exact) mass is 450 g/mol. The molecule has 1 aliphatic carbocycles. The second-order valence-electron chi connectivity index (χ2n) is 9.90. The Bertz CT molecular complexity index is 957. The van der Waals surface area contributed by atoms with Crippen LogP contribution in [0, 0.1) is 13.8 Å². The van der Waals surface area contributed by atoms with Crippen LogP contribution in [0.5, 0.6) is 0 Å². The summed E-state index contributed by atoms with van der Waals surface area (Å²) >= 11 is 0. The summed E-state index contributed by atoms with van der Waals surface area (Å²) in [5.41, 5.74) is 3.06. The SMILES string of the molecule is Cc1cc(N(C)C(=O)OC(C)(C)C)cc(C)c1CC1(S(=O)(=O)N2CCC(=O)CC2)CC1. The van der Waals surface area contributed by atoms with Gasteiger partial charge in [0.2, 0.25) is 10.0 Å². The van der Waals surface area contributed by atoms with Crippen molar-refractivity contribution < 1.29 is 22.7 Å². The molecule has 31 heavy (non-hydrogen) atoms. The number of carbonyl (C=O) groups is 2. The molecule has 1 aromatic rings. The third-order valence-electron chi connectivity index (χ3n) is 6.21. The molecule has 1 saturated carbocycles. The van der Waals surface area contributed by atoms with Crippen molar-refractivity contribution in [3.63, 3.8) is 0 Å². The summed E-state index contributed by atoms with van der Waals surface area (Å²) < 4.78 is 32.9. The van der Waals surface area contributed by atoms with Gasteiger partial charge in [-0.15, -0.1) is 0 Å². The number of ketones is 1. The predicted octanol–water partition coefficient (Wildman–Crippen LogP) is 3.74. The molecule has 1 aliphatic heterocycles. The van der Waals surface area contributed by atoms with Crippen LogP contribution in [0.25, 0.3) is 0 Å². The zero-order valence-corrected chi connectivity index (χ0v) is 20.3. The predicted molar refractivity (Wildman–Crippen MR) is 121 cm³/mol. The maximum Gasteiger partial charge on any atom is 0.414 e. The van der Waals surface area contributed by atoms with Gasteiger partial charge in [-0.05, 0) is 82.7 Å². The molecule has 0 aromatic heterocycles. The number of aryl methyl sites for hydroxylation is 2. The number of Topliss-reactive ketones (excluding diaryl/α,β-unsaturated/α-hetero) is 1. The fraction of sp³-hybridized carbons (Fsp3) is 0.652. The molecule has 1 amide bonds. The van der Waals surface area contributed by atoms with Gasteiger partial charge in [-0.25, -0.2) is 17.5 Å². The quantitative estimate of drug-likeness (QED) is 0.682. The number of sulfonamides is 1. The van der Waals surface area contributed by atoms with Gasteiger partial charge in [0.15, 0.2) is 0 Å². The number of ether oxygens (including phenoxy) is 1. The number of anilines is 1. The van der Waals surface area contributed by atoms with Crippen LogP contribution in [0.2, 0.25) is 0 Å². The topological polar surface area (TPSA) is 84.0 Å². The summed E-state index contributed by atoms with van der Waals surface area (Å²) in [7, 11) is -1.80. The molecular formula is C23H34N2O5S. The lowest BCUT2D eigenvalue weighted by Gasteiger charge is -2.31. The van der Waals surface area contributed by atoms with Gasteiger partial charge in [-0.2, -0.15) is 0 Å². The first-order valence-corrected chi connectivity index (χ1v) is 12.3. The molecule has 1 aromatic carbocycles. The van der Waals surface area contributed by atoms with Crippen molar-refractivity contribution in [3.05, 3.63) is 28.8 Å².